The lowest BCUT2D eigenvalue weighted by atomic mass is 10.1. The van der Waals surface area contributed by atoms with Crippen LogP contribution in [0.25, 0.3) is 11.5 Å². The third-order valence-corrected chi connectivity index (χ3v) is 6.91. The van der Waals surface area contributed by atoms with Crippen LogP contribution in [-0.4, -0.2) is 48.5 Å². The number of likely N-dealkylation sites (tertiary alicyclic amines) is 1. The summed E-state index contributed by atoms with van der Waals surface area (Å²) in [5, 5.41) is 3.44. The molecule has 1 amide bonds. The molecule has 0 aliphatic carbocycles. The molecule has 1 aliphatic rings. The van der Waals surface area contributed by atoms with Crippen molar-refractivity contribution in [1.82, 2.24) is 10.1 Å². The number of piperidine rings is 1. The summed E-state index contributed by atoms with van der Waals surface area (Å²) in [7, 11) is -3.11. The van der Waals surface area contributed by atoms with Crippen LogP contribution in [0.5, 0.6) is 0 Å². The van der Waals surface area contributed by atoms with E-state index in [0.29, 0.717) is 37.5 Å². The highest BCUT2D eigenvalue weighted by Gasteiger charge is 2.33. The van der Waals surface area contributed by atoms with E-state index in [0.717, 1.165) is 0 Å². The Kier molecular flexibility index (Phi) is 4.99. The number of carbonyl (C=O) groups excluding carboxylic acids is 1. The number of amides is 1. The van der Waals surface area contributed by atoms with E-state index < -0.39 is 9.84 Å². The van der Waals surface area contributed by atoms with Crippen LogP contribution in [0.3, 0.4) is 0 Å². The molecule has 0 aromatic carbocycles. The second kappa shape index (κ2) is 7.03. The summed E-state index contributed by atoms with van der Waals surface area (Å²) in [6, 6.07) is 4.99. The number of nitrogens with zero attached hydrogens (tertiary/aromatic N) is 2. The van der Waals surface area contributed by atoms with Crippen molar-refractivity contribution < 1.29 is 22.2 Å². The van der Waals surface area contributed by atoms with E-state index in [1.54, 1.807) is 23.1 Å². The van der Waals surface area contributed by atoms with Gasteiger partial charge in [0.1, 0.15) is 0 Å². The minimum Gasteiger partial charge on any atom is -0.461 e. The smallest absolute Gasteiger partial charge is 0.276 e. The highest BCUT2D eigenvalue weighted by Crippen LogP contribution is 2.24. The molecule has 2 aromatic rings. The number of sulfone groups is 1. The average Bonchev–Trinajstić information content (AvgIpc) is 3.24. The van der Waals surface area contributed by atoms with Gasteiger partial charge in [-0.15, -0.1) is 0 Å². The minimum atomic E-state index is -3.11. The van der Waals surface area contributed by atoms with Crippen LogP contribution in [0.2, 0.25) is 0 Å². The fraction of sp³-hybridized carbons (Fsp3) is 0.529. The van der Waals surface area contributed by atoms with Gasteiger partial charge in [0.25, 0.3) is 5.91 Å². The van der Waals surface area contributed by atoms with Gasteiger partial charge in [-0.3, -0.25) is 4.79 Å². The Hall–Kier alpha value is -2.09. The Labute approximate surface area is 146 Å². The molecule has 25 heavy (non-hydrogen) atoms. The van der Waals surface area contributed by atoms with Gasteiger partial charge in [-0.25, -0.2) is 8.42 Å². The molecule has 0 spiro atoms. The monoisotopic (exact) mass is 366 g/mol. The van der Waals surface area contributed by atoms with E-state index in [-0.39, 0.29) is 28.5 Å². The van der Waals surface area contributed by atoms with Gasteiger partial charge in [0.15, 0.2) is 21.3 Å². The van der Waals surface area contributed by atoms with E-state index in [2.05, 4.69) is 5.16 Å². The minimum absolute atomic E-state index is 0.111. The third-order valence-electron chi connectivity index (χ3n) is 4.30. The summed E-state index contributed by atoms with van der Waals surface area (Å²) >= 11 is 0. The first-order valence-electron chi connectivity index (χ1n) is 8.38. The summed E-state index contributed by atoms with van der Waals surface area (Å²) in [6.07, 6.45) is 2.44. The van der Waals surface area contributed by atoms with E-state index in [4.69, 9.17) is 8.94 Å². The predicted molar refractivity (Wildman–Crippen MR) is 91.8 cm³/mol. The molecular formula is C17H22N2O5S. The maximum Gasteiger partial charge on any atom is 0.276 e. The van der Waals surface area contributed by atoms with Gasteiger partial charge in [-0.1, -0.05) is 19.0 Å². The van der Waals surface area contributed by atoms with Crippen molar-refractivity contribution in [2.45, 2.75) is 31.9 Å². The molecule has 0 atom stereocenters. The number of carbonyl (C=O) groups is 1. The molecule has 136 valence electrons. The topological polar surface area (TPSA) is 93.6 Å². The van der Waals surface area contributed by atoms with Crippen molar-refractivity contribution in [2.24, 2.45) is 5.92 Å². The first kappa shape index (κ1) is 17.7. The molecule has 0 radical (unpaired) electrons. The molecule has 0 bridgehead atoms. The largest absolute Gasteiger partial charge is 0.461 e. The lowest BCUT2D eigenvalue weighted by Gasteiger charge is -2.31. The maximum absolute atomic E-state index is 12.5. The first-order valence-corrected chi connectivity index (χ1v) is 10.1. The number of hydrogen-bond donors (Lipinski definition) is 0. The molecule has 3 rings (SSSR count). The third kappa shape index (κ3) is 3.95. The second-order valence-corrected chi connectivity index (χ2v) is 9.09. The van der Waals surface area contributed by atoms with Gasteiger partial charge in [0.2, 0.25) is 5.76 Å². The molecule has 8 heteroatoms. The van der Waals surface area contributed by atoms with Crippen LogP contribution < -0.4 is 0 Å². The first-order chi connectivity index (χ1) is 11.9. The SMILES string of the molecule is CC(C)CS(=O)(=O)C1CCN(C(=O)c2cc(-c3ccco3)on2)CC1. The molecule has 1 saturated heterocycles. The van der Waals surface area contributed by atoms with Crippen molar-refractivity contribution in [3.05, 3.63) is 30.2 Å². The van der Waals surface area contributed by atoms with Crippen LogP contribution in [0.1, 0.15) is 37.2 Å². The van der Waals surface area contributed by atoms with Crippen LogP contribution in [0.4, 0.5) is 0 Å². The van der Waals surface area contributed by atoms with Gasteiger partial charge >= 0.3 is 0 Å². The lowest BCUT2D eigenvalue weighted by Crippen LogP contribution is -2.43. The Morgan fingerprint density at radius 2 is 2.04 bits per heavy atom. The molecule has 2 aromatic heterocycles. The molecule has 1 aliphatic heterocycles. The van der Waals surface area contributed by atoms with E-state index in [1.165, 1.54) is 6.26 Å². The van der Waals surface area contributed by atoms with E-state index >= 15 is 0 Å². The fourth-order valence-electron chi connectivity index (χ4n) is 3.09. The fourth-order valence-corrected chi connectivity index (χ4v) is 5.22. The van der Waals surface area contributed by atoms with Crippen molar-refractivity contribution >= 4 is 15.7 Å². The highest BCUT2D eigenvalue weighted by molar-refractivity contribution is 7.92. The van der Waals surface area contributed by atoms with Crippen LogP contribution >= 0.6 is 0 Å². The predicted octanol–water partition coefficient (Wildman–Crippen LogP) is 2.61. The van der Waals surface area contributed by atoms with Gasteiger partial charge in [0, 0.05) is 19.2 Å². The molecule has 3 heterocycles. The van der Waals surface area contributed by atoms with Crippen LogP contribution in [0.15, 0.2) is 33.4 Å². The van der Waals surface area contributed by atoms with Crippen molar-refractivity contribution in [2.75, 3.05) is 18.8 Å². The molecule has 1 fully saturated rings. The molecule has 7 nitrogen and oxygen atoms in total. The lowest BCUT2D eigenvalue weighted by molar-refractivity contribution is 0.0715. The zero-order chi connectivity index (χ0) is 18.0. The van der Waals surface area contributed by atoms with Crippen LogP contribution in [0, 0.1) is 5.92 Å². The Balaban J connectivity index is 1.62. The van der Waals surface area contributed by atoms with Crippen molar-refractivity contribution in [1.29, 1.82) is 0 Å². The van der Waals surface area contributed by atoms with Crippen LogP contribution in [-0.2, 0) is 9.84 Å². The molecule has 0 unspecified atom stereocenters. The number of hydrogen-bond acceptors (Lipinski definition) is 6. The average molecular weight is 366 g/mol. The van der Waals surface area contributed by atoms with Crippen molar-refractivity contribution in [3.8, 4) is 11.5 Å². The number of furan rings is 1. The van der Waals surface area contributed by atoms with E-state index in [9.17, 15) is 13.2 Å². The molecule has 0 N–H and O–H groups in total. The summed E-state index contributed by atoms with van der Waals surface area (Å²) in [5.41, 5.74) is 0.204. The van der Waals surface area contributed by atoms with Crippen molar-refractivity contribution in [3.63, 3.8) is 0 Å². The Bertz CT molecular complexity index is 815. The normalized spacial score (nSPS) is 16.5. The van der Waals surface area contributed by atoms with Gasteiger partial charge in [-0.2, -0.15) is 0 Å². The summed E-state index contributed by atoms with van der Waals surface area (Å²) in [6.45, 7) is 4.61. The number of aromatic nitrogens is 1. The summed E-state index contributed by atoms with van der Waals surface area (Å²) < 4.78 is 35.0. The summed E-state index contributed by atoms with van der Waals surface area (Å²) in [5.74, 6) is 0.954. The van der Waals surface area contributed by atoms with Gasteiger partial charge in [0.05, 0.1) is 17.3 Å². The second-order valence-electron chi connectivity index (χ2n) is 6.77. The Morgan fingerprint density at radius 1 is 1.32 bits per heavy atom. The summed E-state index contributed by atoms with van der Waals surface area (Å²) in [4.78, 5) is 14.2. The Morgan fingerprint density at radius 3 is 2.64 bits per heavy atom. The quantitative estimate of drug-likeness (QED) is 0.807. The van der Waals surface area contributed by atoms with E-state index in [1.807, 2.05) is 13.8 Å². The molecule has 0 saturated carbocycles. The molecular weight excluding hydrogens is 344 g/mol. The highest BCUT2D eigenvalue weighted by atomic mass is 32.2. The van der Waals surface area contributed by atoms with Gasteiger partial charge < -0.3 is 13.8 Å². The standard InChI is InChI=1S/C17H22N2O5S/c1-12(2)11-25(21,22)13-5-7-19(8-6-13)17(20)14-10-16(24-18-14)15-4-3-9-23-15/h3-4,9-10,12-13H,5-8,11H2,1-2H3. The maximum atomic E-state index is 12.5. The zero-order valence-electron chi connectivity index (χ0n) is 14.3. The zero-order valence-corrected chi connectivity index (χ0v) is 15.2. The van der Waals surface area contributed by atoms with Gasteiger partial charge in [-0.05, 0) is 30.9 Å². The number of rotatable bonds is 5.